The predicted octanol–water partition coefficient (Wildman–Crippen LogP) is 2.98. The van der Waals surface area contributed by atoms with Crippen LogP contribution in [-0.4, -0.2) is 29.6 Å². The third kappa shape index (κ3) is 1.28. The van der Waals surface area contributed by atoms with Crippen LogP contribution < -0.4 is 4.74 Å². The van der Waals surface area contributed by atoms with Gasteiger partial charge in [-0.2, -0.15) is 0 Å². The van der Waals surface area contributed by atoms with Crippen LogP contribution in [0.4, 0.5) is 0 Å². The Kier molecular flexibility index (Phi) is 2.17. The second kappa shape index (κ2) is 3.76. The van der Waals surface area contributed by atoms with E-state index in [9.17, 15) is 0 Å². The average Bonchev–Trinajstić information content (AvgIpc) is 2.64. The zero-order chi connectivity index (χ0) is 13.4. The van der Waals surface area contributed by atoms with Gasteiger partial charge in [0.1, 0.15) is 0 Å². The van der Waals surface area contributed by atoms with Crippen LogP contribution in [0.15, 0.2) is 12.1 Å². The van der Waals surface area contributed by atoms with Crippen molar-refractivity contribution in [3.63, 3.8) is 0 Å². The molecule has 4 heterocycles. The van der Waals surface area contributed by atoms with Crippen molar-refractivity contribution >= 4 is 0 Å². The van der Waals surface area contributed by atoms with Crippen LogP contribution >= 0.6 is 0 Å². The first-order valence-corrected chi connectivity index (χ1v) is 8.07. The Hall–Kier alpha value is -1.09. The number of methoxy groups -OCH3 is 1. The number of nitrogens with zero attached hydrogens (tertiary/aromatic N) is 2. The molecule has 0 N–H and O–H groups in total. The summed E-state index contributed by atoms with van der Waals surface area (Å²) in [4.78, 5) is 7.68. The van der Waals surface area contributed by atoms with Gasteiger partial charge in [-0.3, -0.25) is 4.90 Å². The number of aromatic nitrogens is 1. The summed E-state index contributed by atoms with van der Waals surface area (Å²) in [6.45, 7) is 3.71. The molecule has 0 amide bonds. The van der Waals surface area contributed by atoms with Crippen molar-refractivity contribution in [2.75, 3.05) is 13.7 Å². The highest BCUT2D eigenvalue weighted by molar-refractivity contribution is 5.38. The molecule has 7 atom stereocenters. The van der Waals surface area contributed by atoms with E-state index in [1.54, 1.807) is 7.11 Å². The molecule has 1 aliphatic carbocycles. The van der Waals surface area contributed by atoms with Crippen molar-refractivity contribution in [3.05, 3.63) is 23.4 Å². The van der Waals surface area contributed by atoms with Crippen molar-refractivity contribution in [1.29, 1.82) is 0 Å². The molecule has 1 saturated carbocycles. The Balaban J connectivity index is 1.68. The fourth-order valence-electron chi connectivity index (χ4n) is 5.79. The molecule has 1 aromatic heterocycles. The maximum absolute atomic E-state index is 5.38. The smallest absolute Gasteiger partial charge is 0.213 e. The monoisotopic (exact) mass is 270 g/mol. The highest BCUT2D eigenvalue weighted by atomic mass is 16.5. The van der Waals surface area contributed by atoms with Crippen molar-refractivity contribution in [3.8, 4) is 5.88 Å². The maximum Gasteiger partial charge on any atom is 0.213 e. The van der Waals surface area contributed by atoms with Gasteiger partial charge in [0.25, 0.3) is 0 Å². The molecular formula is C17H22N2O. The van der Waals surface area contributed by atoms with Crippen molar-refractivity contribution < 1.29 is 4.74 Å². The van der Waals surface area contributed by atoms with Crippen molar-refractivity contribution in [2.45, 2.75) is 44.2 Å². The lowest BCUT2D eigenvalue weighted by molar-refractivity contribution is 0.0900. The number of fused-ring (bicyclic) bond motifs is 5. The SMILES string of the molecule is COc1ccc2c(n1)[C@H]1[C@@H]3C[C@@H](C)C[C@H]4[C@@H]3C[C@@H]2CN41. The third-order valence-corrected chi connectivity index (χ3v) is 6.40. The highest BCUT2D eigenvalue weighted by Gasteiger charge is 2.59. The number of pyridine rings is 1. The molecule has 3 aliphatic heterocycles. The van der Waals surface area contributed by atoms with Gasteiger partial charge in [0.2, 0.25) is 5.88 Å². The molecule has 20 heavy (non-hydrogen) atoms. The predicted molar refractivity (Wildman–Crippen MR) is 76.8 cm³/mol. The van der Waals surface area contributed by atoms with Gasteiger partial charge in [0.05, 0.1) is 18.8 Å². The van der Waals surface area contributed by atoms with Crippen LogP contribution in [0.2, 0.25) is 0 Å². The quantitative estimate of drug-likeness (QED) is 0.784. The second-order valence-corrected chi connectivity index (χ2v) is 7.37. The van der Waals surface area contributed by atoms with Gasteiger partial charge in [-0.25, -0.2) is 4.98 Å². The van der Waals surface area contributed by atoms with E-state index in [-0.39, 0.29) is 0 Å². The summed E-state index contributed by atoms with van der Waals surface area (Å²) in [6.07, 6.45) is 4.20. The lowest BCUT2D eigenvalue weighted by Crippen LogP contribution is -2.46. The molecule has 3 heteroatoms. The molecular weight excluding hydrogens is 248 g/mol. The van der Waals surface area contributed by atoms with E-state index >= 15 is 0 Å². The summed E-state index contributed by atoms with van der Waals surface area (Å²) in [5, 5.41) is 0. The van der Waals surface area contributed by atoms with Gasteiger partial charge in [0.15, 0.2) is 0 Å². The Morgan fingerprint density at radius 1 is 1.20 bits per heavy atom. The molecule has 1 unspecified atom stereocenters. The number of rotatable bonds is 1. The lowest BCUT2D eigenvalue weighted by atomic mass is 9.70. The molecule has 5 rings (SSSR count). The van der Waals surface area contributed by atoms with Gasteiger partial charge in [-0.1, -0.05) is 13.0 Å². The molecule has 0 radical (unpaired) electrons. The van der Waals surface area contributed by atoms with Crippen LogP contribution in [0.25, 0.3) is 0 Å². The second-order valence-electron chi connectivity index (χ2n) is 7.37. The van der Waals surface area contributed by atoms with Crippen LogP contribution in [-0.2, 0) is 0 Å². The van der Waals surface area contributed by atoms with E-state index in [1.165, 1.54) is 37.1 Å². The normalized spacial score (nSPS) is 47.2. The van der Waals surface area contributed by atoms with Crippen LogP contribution in [0.5, 0.6) is 5.88 Å². The summed E-state index contributed by atoms with van der Waals surface area (Å²) in [7, 11) is 1.73. The van der Waals surface area contributed by atoms with E-state index in [0.29, 0.717) is 6.04 Å². The van der Waals surface area contributed by atoms with Crippen molar-refractivity contribution in [2.24, 2.45) is 17.8 Å². The zero-order valence-electron chi connectivity index (χ0n) is 12.2. The first kappa shape index (κ1) is 11.6. The van der Waals surface area contributed by atoms with E-state index in [2.05, 4.69) is 24.0 Å². The number of hydrogen-bond acceptors (Lipinski definition) is 3. The third-order valence-electron chi connectivity index (χ3n) is 6.40. The first-order chi connectivity index (χ1) is 9.76. The van der Waals surface area contributed by atoms with Crippen molar-refractivity contribution in [1.82, 2.24) is 9.88 Å². The van der Waals surface area contributed by atoms with E-state index in [1.807, 2.05) is 0 Å². The van der Waals surface area contributed by atoms with Gasteiger partial charge in [-0.05, 0) is 48.5 Å². The van der Waals surface area contributed by atoms with Gasteiger partial charge >= 0.3 is 0 Å². The van der Waals surface area contributed by atoms with Gasteiger partial charge in [0, 0.05) is 18.7 Å². The molecule has 3 nitrogen and oxygen atoms in total. The largest absolute Gasteiger partial charge is 0.481 e. The van der Waals surface area contributed by atoms with Crippen LogP contribution in [0.3, 0.4) is 0 Å². The Bertz CT molecular complexity index is 572. The van der Waals surface area contributed by atoms with Gasteiger partial charge in [-0.15, -0.1) is 0 Å². The Labute approximate surface area is 120 Å². The summed E-state index contributed by atoms with van der Waals surface area (Å²) < 4.78 is 5.38. The van der Waals surface area contributed by atoms with E-state index in [0.717, 1.165) is 35.6 Å². The lowest BCUT2D eigenvalue weighted by Gasteiger charge is -2.44. The summed E-state index contributed by atoms with van der Waals surface area (Å²) in [6, 6.07) is 5.76. The fraction of sp³-hybridized carbons (Fsp3) is 0.706. The minimum Gasteiger partial charge on any atom is -0.481 e. The molecule has 0 spiro atoms. The maximum atomic E-state index is 5.38. The summed E-state index contributed by atoms with van der Waals surface area (Å²) >= 11 is 0. The molecule has 4 aliphatic rings. The number of hydrogen-bond donors (Lipinski definition) is 0. The minimum absolute atomic E-state index is 0.582. The average molecular weight is 270 g/mol. The summed E-state index contributed by atoms with van der Waals surface area (Å²) in [5.74, 6) is 4.17. The molecule has 5 bridgehead atoms. The first-order valence-electron chi connectivity index (χ1n) is 8.07. The Morgan fingerprint density at radius 3 is 2.95 bits per heavy atom. The van der Waals surface area contributed by atoms with Crippen LogP contribution in [0, 0.1) is 17.8 Å². The fourth-order valence-corrected chi connectivity index (χ4v) is 5.79. The topological polar surface area (TPSA) is 25.4 Å². The Morgan fingerprint density at radius 2 is 2.10 bits per heavy atom. The summed E-state index contributed by atoms with van der Waals surface area (Å²) in [5.41, 5.74) is 2.87. The number of piperidine rings is 1. The van der Waals surface area contributed by atoms with E-state index in [4.69, 9.17) is 9.72 Å². The molecule has 2 saturated heterocycles. The molecule has 1 aromatic rings. The van der Waals surface area contributed by atoms with Gasteiger partial charge < -0.3 is 4.74 Å². The standard InChI is InChI=1S/C17H22N2O/c1-9-5-13-12-7-10-8-19(14(12)6-9)17(13)16-11(10)3-4-15(18-16)20-2/h3-4,9-10,12-14,17H,5-8H2,1-2H3/t9-,10-,12-,13-,14+,17-/m1/s1. The van der Waals surface area contributed by atoms with E-state index < -0.39 is 0 Å². The molecule has 3 fully saturated rings. The molecule has 106 valence electrons. The highest BCUT2D eigenvalue weighted by Crippen LogP contribution is 2.62. The molecule has 0 aromatic carbocycles. The minimum atomic E-state index is 0.582. The zero-order valence-corrected chi connectivity index (χ0v) is 12.2. The van der Waals surface area contributed by atoms with Crippen LogP contribution in [0.1, 0.15) is 49.4 Å². The number of ether oxygens (including phenoxy) is 1.